The summed E-state index contributed by atoms with van der Waals surface area (Å²) >= 11 is 1.75. The van der Waals surface area contributed by atoms with Crippen LogP contribution in [0.15, 0.2) is 12.7 Å². The lowest BCUT2D eigenvalue weighted by Crippen LogP contribution is -2.31. The molecule has 1 saturated heterocycles. The van der Waals surface area contributed by atoms with E-state index in [0.29, 0.717) is 6.54 Å². The summed E-state index contributed by atoms with van der Waals surface area (Å²) in [6, 6.07) is 0. The standard InChI is InChI=1S/C8H13NOS/c1-2-5-9-8(10)7-4-3-6-11-7/h2,7H,1,3-6H2,(H,9,10). The molecule has 1 fully saturated rings. The van der Waals surface area contributed by atoms with E-state index in [1.54, 1.807) is 17.8 Å². The molecule has 0 saturated carbocycles. The van der Waals surface area contributed by atoms with Crippen molar-refractivity contribution < 1.29 is 4.79 Å². The first-order valence-corrected chi connectivity index (χ1v) is 4.89. The van der Waals surface area contributed by atoms with Crippen LogP contribution in [0.4, 0.5) is 0 Å². The number of amides is 1. The lowest BCUT2D eigenvalue weighted by atomic mass is 10.2. The molecule has 1 unspecified atom stereocenters. The fraction of sp³-hybridized carbons (Fsp3) is 0.625. The van der Waals surface area contributed by atoms with Crippen molar-refractivity contribution in [2.45, 2.75) is 18.1 Å². The highest BCUT2D eigenvalue weighted by molar-refractivity contribution is 8.00. The summed E-state index contributed by atoms with van der Waals surface area (Å²) in [5.74, 6) is 1.30. The van der Waals surface area contributed by atoms with Crippen molar-refractivity contribution in [3.05, 3.63) is 12.7 Å². The Hall–Kier alpha value is -0.440. The Morgan fingerprint density at radius 3 is 3.18 bits per heavy atom. The molecule has 1 heterocycles. The van der Waals surface area contributed by atoms with Gasteiger partial charge in [-0.2, -0.15) is 0 Å². The van der Waals surface area contributed by atoms with Crippen molar-refractivity contribution in [1.29, 1.82) is 0 Å². The SMILES string of the molecule is C=CCNC(=O)C1CCCS1. The van der Waals surface area contributed by atoms with Crippen LogP contribution in [-0.4, -0.2) is 23.5 Å². The fourth-order valence-electron chi connectivity index (χ4n) is 1.07. The number of hydrogen-bond donors (Lipinski definition) is 1. The zero-order chi connectivity index (χ0) is 8.10. The van der Waals surface area contributed by atoms with Gasteiger partial charge in [-0.25, -0.2) is 0 Å². The van der Waals surface area contributed by atoms with Crippen molar-refractivity contribution in [2.24, 2.45) is 0 Å². The third-order valence-corrected chi connectivity index (χ3v) is 3.02. The first-order chi connectivity index (χ1) is 5.34. The lowest BCUT2D eigenvalue weighted by molar-refractivity contribution is -0.120. The maximum absolute atomic E-state index is 11.2. The Morgan fingerprint density at radius 2 is 2.64 bits per heavy atom. The molecule has 3 heteroatoms. The summed E-state index contributed by atoms with van der Waals surface area (Å²) in [7, 11) is 0. The Morgan fingerprint density at radius 1 is 1.82 bits per heavy atom. The van der Waals surface area contributed by atoms with Gasteiger partial charge >= 0.3 is 0 Å². The predicted octanol–water partition coefficient (Wildman–Crippen LogP) is 1.18. The number of carbonyl (C=O) groups is 1. The molecule has 0 aromatic rings. The second kappa shape index (κ2) is 4.44. The van der Waals surface area contributed by atoms with Crippen molar-refractivity contribution in [2.75, 3.05) is 12.3 Å². The molecule has 0 spiro atoms. The minimum absolute atomic E-state index is 0.174. The van der Waals surface area contributed by atoms with E-state index in [2.05, 4.69) is 11.9 Å². The average molecular weight is 171 g/mol. The summed E-state index contributed by atoms with van der Waals surface area (Å²) in [6.07, 6.45) is 3.92. The summed E-state index contributed by atoms with van der Waals surface area (Å²) in [4.78, 5) is 11.2. The van der Waals surface area contributed by atoms with E-state index in [1.807, 2.05) is 0 Å². The Balaban J connectivity index is 2.22. The van der Waals surface area contributed by atoms with Crippen LogP contribution >= 0.6 is 11.8 Å². The van der Waals surface area contributed by atoms with Crippen molar-refractivity contribution in [3.63, 3.8) is 0 Å². The Kier molecular flexibility index (Phi) is 3.49. The van der Waals surface area contributed by atoms with Gasteiger partial charge in [-0.15, -0.1) is 18.3 Å². The number of thioether (sulfide) groups is 1. The number of carbonyl (C=O) groups excluding carboxylic acids is 1. The average Bonchev–Trinajstić information content (AvgIpc) is 2.52. The highest BCUT2D eigenvalue weighted by Crippen LogP contribution is 2.25. The molecule has 0 aromatic heterocycles. The highest BCUT2D eigenvalue weighted by atomic mass is 32.2. The normalized spacial score (nSPS) is 23.1. The van der Waals surface area contributed by atoms with Gasteiger partial charge in [-0.05, 0) is 18.6 Å². The summed E-state index contributed by atoms with van der Waals surface area (Å²) in [5.41, 5.74) is 0. The van der Waals surface area contributed by atoms with Gasteiger partial charge in [0.1, 0.15) is 0 Å². The molecule has 1 rings (SSSR count). The largest absolute Gasteiger partial charge is 0.352 e. The second-order valence-corrected chi connectivity index (χ2v) is 3.85. The molecule has 1 N–H and O–H groups in total. The molecule has 1 atom stereocenters. The monoisotopic (exact) mass is 171 g/mol. The molecule has 0 aromatic carbocycles. The summed E-state index contributed by atoms with van der Waals surface area (Å²) in [6.45, 7) is 4.13. The van der Waals surface area contributed by atoms with E-state index in [1.165, 1.54) is 6.42 Å². The van der Waals surface area contributed by atoms with E-state index in [0.717, 1.165) is 12.2 Å². The quantitative estimate of drug-likeness (QED) is 0.646. The first kappa shape index (κ1) is 8.65. The molecule has 0 aliphatic carbocycles. The number of rotatable bonds is 3. The number of hydrogen-bond acceptors (Lipinski definition) is 2. The smallest absolute Gasteiger partial charge is 0.233 e. The molecular weight excluding hydrogens is 158 g/mol. The summed E-state index contributed by atoms with van der Waals surface area (Å²) in [5, 5.41) is 3.00. The zero-order valence-electron chi connectivity index (χ0n) is 6.51. The first-order valence-electron chi connectivity index (χ1n) is 3.85. The van der Waals surface area contributed by atoms with E-state index in [4.69, 9.17) is 0 Å². The van der Waals surface area contributed by atoms with Gasteiger partial charge in [0.2, 0.25) is 5.91 Å². The molecule has 11 heavy (non-hydrogen) atoms. The second-order valence-electron chi connectivity index (χ2n) is 2.54. The van der Waals surface area contributed by atoms with Crippen LogP contribution in [0.25, 0.3) is 0 Å². The van der Waals surface area contributed by atoms with E-state index < -0.39 is 0 Å². The highest BCUT2D eigenvalue weighted by Gasteiger charge is 2.22. The summed E-state index contributed by atoms with van der Waals surface area (Å²) < 4.78 is 0. The maximum Gasteiger partial charge on any atom is 0.233 e. The minimum Gasteiger partial charge on any atom is -0.352 e. The van der Waals surface area contributed by atoms with Crippen LogP contribution in [0.3, 0.4) is 0 Å². The maximum atomic E-state index is 11.2. The molecule has 0 bridgehead atoms. The van der Waals surface area contributed by atoms with Crippen LogP contribution in [0.1, 0.15) is 12.8 Å². The van der Waals surface area contributed by atoms with Crippen LogP contribution in [0.5, 0.6) is 0 Å². The van der Waals surface area contributed by atoms with Crippen molar-refractivity contribution in [3.8, 4) is 0 Å². The number of nitrogens with one attached hydrogen (secondary N) is 1. The lowest BCUT2D eigenvalue weighted by Gasteiger charge is -2.06. The predicted molar refractivity (Wildman–Crippen MR) is 48.7 cm³/mol. The van der Waals surface area contributed by atoms with Crippen molar-refractivity contribution >= 4 is 17.7 Å². The molecular formula is C8H13NOS. The molecule has 1 amide bonds. The van der Waals surface area contributed by atoms with E-state index in [9.17, 15) is 4.79 Å². The van der Waals surface area contributed by atoms with E-state index >= 15 is 0 Å². The third kappa shape index (κ3) is 2.58. The van der Waals surface area contributed by atoms with Crippen LogP contribution in [0, 0.1) is 0 Å². The minimum atomic E-state index is 0.174. The van der Waals surface area contributed by atoms with Gasteiger partial charge in [0.25, 0.3) is 0 Å². The molecule has 0 radical (unpaired) electrons. The zero-order valence-corrected chi connectivity index (χ0v) is 7.32. The third-order valence-electron chi connectivity index (χ3n) is 1.64. The Bertz CT molecular complexity index is 152. The van der Waals surface area contributed by atoms with Gasteiger partial charge in [-0.3, -0.25) is 4.79 Å². The van der Waals surface area contributed by atoms with Gasteiger partial charge < -0.3 is 5.32 Å². The topological polar surface area (TPSA) is 29.1 Å². The Labute approximate surface area is 71.4 Å². The van der Waals surface area contributed by atoms with Crippen molar-refractivity contribution in [1.82, 2.24) is 5.32 Å². The van der Waals surface area contributed by atoms with Crippen LogP contribution < -0.4 is 5.32 Å². The van der Waals surface area contributed by atoms with Gasteiger partial charge in [0.05, 0.1) is 5.25 Å². The van der Waals surface area contributed by atoms with Gasteiger partial charge in [0.15, 0.2) is 0 Å². The molecule has 2 nitrogen and oxygen atoms in total. The molecule has 1 aliphatic heterocycles. The molecule has 1 aliphatic rings. The molecule has 62 valence electrons. The van der Waals surface area contributed by atoms with E-state index in [-0.39, 0.29) is 11.2 Å². The van der Waals surface area contributed by atoms with Gasteiger partial charge in [-0.1, -0.05) is 6.08 Å². The van der Waals surface area contributed by atoms with Crippen LogP contribution in [-0.2, 0) is 4.79 Å². The van der Waals surface area contributed by atoms with Gasteiger partial charge in [0, 0.05) is 6.54 Å². The van der Waals surface area contributed by atoms with Crippen LogP contribution in [0.2, 0.25) is 0 Å². The fourth-order valence-corrected chi connectivity index (χ4v) is 2.26.